The number of allylic oxidation sites excluding steroid dienone is 1. The van der Waals surface area contributed by atoms with Crippen molar-refractivity contribution in [1.29, 1.82) is 0 Å². The third-order valence-electron chi connectivity index (χ3n) is 3.06. The summed E-state index contributed by atoms with van der Waals surface area (Å²) in [5.41, 5.74) is 0.572. The van der Waals surface area contributed by atoms with E-state index in [4.69, 9.17) is 0 Å². The molecular weight excluding hydrogens is 304 g/mol. The lowest BCUT2D eigenvalue weighted by Gasteiger charge is -2.13. The minimum Gasteiger partial charge on any atom is -0.288 e. The van der Waals surface area contributed by atoms with E-state index in [9.17, 15) is 13.6 Å². The molecule has 0 unspecified atom stereocenters. The monoisotopic (exact) mass is 321 g/mol. The van der Waals surface area contributed by atoms with Crippen LogP contribution in [-0.4, -0.2) is 10.8 Å². The second kappa shape index (κ2) is 6.08. The molecule has 0 fully saturated rings. The quantitative estimate of drug-likeness (QED) is 0.593. The summed E-state index contributed by atoms with van der Waals surface area (Å²) >= 11 is 1.34. The van der Waals surface area contributed by atoms with Crippen molar-refractivity contribution < 1.29 is 13.6 Å². The molecule has 1 heterocycles. The summed E-state index contributed by atoms with van der Waals surface area (Å²) in [5.74, 6) is -2.14. The van der Waals surface area contributed by atoms with Crippen LogP contribution in [0, 0.1) is 18.6 Å². The maximum Gasteiger partial charge on any atom is 0.197 e. The van der Waals surface area contributed by atoms with E-state index >= 15 is 0 Å². The van der Waals surface area contributed by atoms with E-state index in [2.05, 4.69) is 4.98 Å². The van der Waals surface area contributed by atoms with Crippen LogP contribution in [0.15, 0.2) is 24.3 Å². The Morgan fingerprint density at radius 2 is 1.95 bits per heavy atom. The Labute approximate surface area is 132 Å². The van der Waals surface area contributed by atoms with Gasteiger partial charge in [-0.3, -0.25) is 4.79 Å². The van der Waals surface area contributed by atoms with Gasteiger partial charge in [-0.05, 0) is 25.1 Å². The summed E-state index contributed by atoms with van der Waals surface area (Å²) in [7, 11) is 0. The highest BCUT2D eigenvalue weighted by Gasteiger charge is 2.22. The first-order chi connectivity index (χ1) is 10.2. The lowest BCUT2D eigenvalue weighted by atomic mass is 9.98. The predicted molar refractivity (Wildman–Crippen MR) is 85.3 cm³/mol. The maximum atomic E-state index is 13.5. The third kappa shape index (κ3) is 3.47. The number of thiazole rings is 1. The number of carbonyl (C=O) groups is 1. The van der Waals surface area contributed by atoms with Crippen LogP contribution in [0.4, 0.5) is 8.78 Å². The summed E-state index contributed by atoms with van der Waals surface area (Å²) in [6.45, 7) is 7.85. The predicted octanol–water partition coefficient (Wildman–Crippen LogP) is 4.92. The topological polar surface area (TPSA) is 30.0 Å². The zero-order chi connectivity index (χ0) is 16.5. The SMILES string of the molecule is Cc1nc(C(C)(C)C)sc1C(=O)/C=C/c1cccc(F)c1F. The van der Waals surface area contributed by atoms with Crippen molar-refractivity contribution in [2.24, 2.45) is 0 Å². The second-order valence-electron chi connectivity index (χ2n) is 6.02. The van der Waals surface area contributed by atoms with Crippen molar-refractivity contribution in [2.75, 3.05) is 0 Å². The molecule has 0 atom stereocenters. The van der Waals surface area contributed by atoms with Gasteiger partial charge in [0.2, 0.25) is 0 Å². The van der Waals surface area contributed by atoms with Crippen molar-refractivity contribution in [2.45, 2.75) is 33.1 Å². The van der Waals surface area contributed by atoms with Gasteiger partial charge in [-0.25, -0.2) is 13.8 Å². The average Bonchev–Trinajstić information content (AvgIpc) is 2.82. The third-order valence-corrected chi connectivity index (χ3v) is 4.66. The molecule has 0 amide bonds. The van der Waals surface area contributed by atoms with E-state index < -0.39 is 11.6 Å². The van der Waals surface area contributed by atoms with E-state index in [1.165, 1.54) is 35.6 Å². The molecule has 0 spiro atoms. The molecule has 0 saturated carbocycles. The van der Waals surface area contributed by atoms with Crippen LogP contribution in [0.5, 0.6) is 0 Å². The first-order valence-corrected chi connectivity index (χ1v) is 7.66. The molecule has 0 bridgehead atoms. The van der Waals surface area contributed by atoms with Crippen LogP contribution in [0.2, 0.25) is 0 Å². The number of hydrogen-bond acceptors (Lipinski definition) is 3. The molecule has 2 nitrogen and oxygen atoms in total. The highest BCUT2D eigenvalue weighted by atomic mass is 32.1. The summed E-state index contributed by atoms with van der Waals surface area (Å²) in [6, 6.07) is 3.86. The zero-order valence-electron chi connectivity index (χ0n) is 12.9. The molecule has 1 aromatic heterocycles. The standard InChI is InChI=1S/C17H17F2NOS/c1-10-15(22-16(20-10)17(2,3)4)13(21)9-8-11-6-5-7-12(18)14(11)19/h5-9H,1-4H3/b9-8+. The van der Waals surface area contributed by atoms with E-state index in [-0.39, 0.29) is 16.8 Å². The Morgan fingerprint density at radius 3 is 2.55 bits per heavy atom. The number of ketones is 1. The molecule has 0 aliphatic carbocycles. The van der Waals surface area contributed by atoms with Crippen molar-refractivity contribution in [3.8, 4) is 0 Å². The second-order valence-corrected chi connectivity index (χ2v) is 7.02. The maximum absolute atomic E-state index is 13.5. The Morgan fingerprint density at radius 1 is 1.27 bits per heavy atom. The van der Waals surface area contributed by atoms with Crippen LogP contribution < -0.4 is 0 Å². The molecule has 0 saturated heterocycles. The molecule has 0 aliphatic rings. The average molecular weight is 321 g/mol. The van der Waals surface area contributed by atoms with Gasteiger partial charge in [-0.1, -0.05) is 32.9 Å². The Hall–Kier alpha value is -1.88. The van der Waals surface area contributed by atoms with Gasteiger partial charge in [0.15, 0.2) is 17.4 Å². The molecule has 116 valence electrons. The first kappa shape index (κ1) is 16.5. The van der Waals surface area contributed by atoms with Crippen LogP contribution in [0.25, 0.3) is 6.08 Å². The fourth-order valence-corrected chi connectivity index (χ4v) is 2.88. The summed E-state index contributed by atoms with van der Waals surface area (Å²) in [6.07, 6.45) is 2.54. The van der Waals surface area contributed by atoms with Crippen molar-refractivity contribution in [3.05, 3.63) is 57.1 Å². The van der Waals surface area contributed by atoms with Gasteiger partial charge in [0.1, 0.15) is 0 Å². The highest BCUT2D eigenvalue weighted by Crippen LogP contribution is 2.29. The molecule has 5 heteroatoms. The van der Waals surface area contributed by atoms with E-state index in [0.717, 1.165) is 11.1 Å². The highest BCUT2D eigenvalue weighted by molar-refractivity contribution is 7.14. The Balaban J connectivity index is 2.28. The normalized spacial score (nSPS) is 12.1. The number of hydrogen-bond donors (Lipinski definition) is 0. The smallest absolute Gasteiger partial charge is 0.197 e. The van der Waals surface area contributed by atoms with E-state index in [1.54, 1.807) is 6.92 Å². The molecule has 2 aromatic rings. The van der Waals surface area contributed by atoms with Crippen molar-refractivity contribution in [3.63, 3.8) is 0 Å². The van der Waals surface area contributed by atoms with E-state index in [1.807, 2.05) is 20.8 Å². The number of halogens is 2. The van der Waals surface area contributed by atoms with Gasteiger partial charge in [-0.15, -0.1) is 11.3 Å². The lowest BCUT2D eigenvalue weighted by molar-refractivity contribution is 0.105. The summed E-state index contributed by atoms with van der Waals surface area (Å²) < 4.78 is 26.7. The van der Waals surface area contributed by atoms with Gasteiger partial charge in [0.05, 0.1) is 15.6 Å². The first-order valence-electron chi connectivity index (χ1n) is 6.84. The van der Waals surface area contributed by atoms with Crippen LogP contribution >= 0.6 is 11.3 Å². The molecule has 22 heavy (non-hydrogen) atoms. The summed E-state index contributed by atoms with van der Waals surface area (Å²) in [4.78, 5) is 17.2. The van der Waals surface area contributed by atoms with Gasteiger partial charge in [0.25, 0.3) is 0 Å². The molecule has 0 radical (unpaired) electrons. The number of aromatic nitrogens is 1. The fourth-order valence-electron chi connectivity index (χ4n) is 1.84. The minimum atomic E-state index is -0.956. The number of carbonyl (C=O) groups excluding carboxylic acids is 1. The van der Waals surface area contributed by atoms with Gasteiger partial charge >= 0.3 is 0 Å². The Kier molecular flexibility index (Phi) is 4.56. The van der Waals surface area contributed by atoms with E-state index in [0.29, 0.717) is 10.6 Å². The summed E-state index contributed by atoms with van der Waals surface area (Å²) in [5, 5.41) is 0.874. The zero-order valence-corrected chi connectivity index (χ0v) is 13.7. The van der Waals surface area contributed by atoms with Gasteiger partial charge in [-0.2, -0.15) is 0 Å². The van der Waals surface area contributed by atoms with Crippen LogP contribution in [0.1, 0.15) is 46.7 Å². The van der Waals surface area contributed by atoms with Crippen LogP contribution in [-0.2, 0) is 5.41 Å². The fraction of sp³-hybridized carbons (Fsp3) is 0.294. The number of nitrogens with zero attached hydrogens (tertiary/aromatic N) is 1. The molecule has 2 rings (SSSR count). The lowest BCUT2D eigenvalue weighted by Crippen LogP contribution is -2.10. The minimum absolute atomic E-state index is 0.0477. The molecular formula is C17H17F2NOS. The van der Waals surface area contributed by atoms with Gasteiger partial charge < -0.3 is 0 Å². The molecule has 0 N–H and O–H groups in total. The molecule has 1 aromatic carbocycles. The number of benzene rings is 1. The Bertz CT molecular complexity index is 742. The number of rotatable bonds is 3. The van der Waals surface area contributed by atoms with Crippen LogP contribution in [0.3, 0.4) is 0 Å². The van der Waals surface area contributed by atoms with Crippen molar-refractivity contribution >= 4 is 23.2 Å². The van der Waals surface area contributed by atoms with Gasteiger partial charge in [0, 0.05) is 11.0 Å². The number of aryl methyl sites for hydroxylation is 1. The largest absolute Gasteiger partial charge is 0.288 e. The molecule has 0 aliphatic heterocycles. The van der Waals surface area contributed by atoms with Crippen molar-refractivity contribution in [1.82, 2.24) is 4.98 Å².